The Balaban J connectivity index is 1.52. The first-order valence-electron chi connectivity index (χ1n) is 9.54. The molecule has 1 aliphatic heterocycles. The second-order valence-electron chi connectivity index (χ2n) is 6.83. The van der Waals surface area contributed by atoms with Crippen LogP contribution in [0.5, 0.6) is 5.75 Å². The molecule has 2 aromatic rings. The van der Waals surface area contributed by atoms with Crippen LogP contribution in [-0.2, 0) is 16.6 Å². The number of nitrogens with zero attached hydrogens (tertiary/aromatic N) is 2. The predicted octanol–water partition coefficient (Wildman–Crippen LogP) is 2.69. The van der Waals surface area contributed by atoms with Crippen LogP contribution in [0.4, 0.5) is 18.0 Å². The summed E-state index contributed by atoms with van der Waals surface area (Å²) in [5, 5.41) is 2.71. The molecule has 0 radical (unpaired) electrons. The number of halogens is 3. The molecule has 0 bridgehead atoms. The van der Waals surface area contributed by atoms with Crippen molar-refractivity contribution in [2.45, 2.75) is 17.9 Å². The third-order valence-corrected chi connectivity index (χ3v) is 6.63. The molecule has 2 amide bonds. The lowest BCUT2D eigenvalue weighted by Gasteiger charge is -2.34. The Kier molecular flexibility index (Phi) is 7.39. The normalized spacial score (nSPS) is 15.2. The summed E-state index contributed by atoms with van der Waals surface area (Å²) >= 11 is 0. The number of alkyl halides is 2. The zero-order valence-corrected chi connectivity index (χ0v) is 17.3. The summed E-state index contributed by atoms with van der Waals surface area (Å²) in [7, 11) is -3.98. The van der Waals surface area contributed by atoms with Gasteiger partial charge in [-0.1, -0.05) is 24.3 Å². The van der Waals surface area contributed by atoms with Crippen LogP contribution in [0.2, 0.25) is 0 Å². The van der Waals surface area contributed by atoms with Crippen LogP contribution in [-0.4, -0.2) is 62.9 Å². The van der Waals surface area contributed by atoms with Gasteiger partial charge in [0.15, 0.2) is 0 Å². The number of carbonyl (C=O) groups excluding carboxylic acids is 1. The average Bonchev–Trinajstić information content (AvgIpc) is 2.76. The average molecular weight is 457 g/mol. The molecule has 1 saturated heterocycles. The Morgan fingerprint density at radius 1 is 1.06 bits per heavy atom. The van der Waals surface area contributed by atoms with Gasteiger partial charge >= 0.3 is 6.03 Å². The fourth-order valence-electron chi connectivity index (χ4n) is 3.12. The Hall–Kier alpha value is -2.79. The summed E-state index contributed by atoms with van der Waals surface area (Å²) in [5.74, 6) is -0.540. The summed E-state index contributed by atoms with van der Waals surface area (Å²) in [4.78, 5) is 13.5. The van der Waals surface area contributed by atoms with Gasteiger partial charge in [-0.25, -0.2) is 26.4 Å². The molecule has 0 atom stereocenters. The maximum absolute atomic E-state index is 13.9. The number of sulfonamides is 1. The highest BCUT2D eigenvalue weighted by Gasteiger charge is 2.31. The molecule has 1 aliphatic rings. The van der Waals surface area contributed by atoms with E-state index in [4.69, 9.17) is 4.74 Å². The van der Waals surface area contributed by atoms with E-state index in [1.807, 2.05) is 0 Å². The molecule has 1 N–H and O–H groups in total. The highest BCUT2D eigenvalue weighted by Crippen LogP contribution is 2.20. The number of hydrogen-bond acceptors (Lipinski definition) is 4. The lowest BCUT2D eigenvalue weighted by Crippen LogP contribution is -2.53. The van der Waals surface area contributed by atoms with Crippen molar-refractivity contribution in [3.05, 3.63) is 59.9 Å². The minimum Gasteiger partial charge on any atom is -0.488 e. The third-order valence-electron chi connectivity index (χ3n) is 4.70. The van der Waals surface area contributed by atoms with Crippen molar-refractivity contribution in [2.24, 2.45) is 0 Å². The molecule has 0 aromatic heterocycles. The summed E-state index contributed by atoms with van der Waals surface area (Å²) in [6, 6.07) is 11.2. The minimum atomic E-state index is -3.98. The highest BCUT2D eigenvalue weighted by atomic mass is 32.2. The molecule has 168 valence electrons. The molecule has 1 heterocycles. The lowest BCUT2D eigenvalue weighted by molar-refractivity contribution is 0.0818. The number of carbonyl (C=O) groups is 1. The Morgan fingerprint density at radius 2 is 1.77 bits per heavy atom. The molecule has 11 heteroatoms. The standard InChI is InChI=1S/C20H22F3N3O4S/c21-17-6-1-2-7-18(17)31(28,29)26-10-8-25(9-11-26)20(27)24-13-15-4-3-5-16(12-15)30-14-19(22)23/h1-7,12,19H,8-11,13-14H2,(H,24,27). The van der Waals surface area contributed by atoms with Crippen LogP contribution in [0.3, 0.4) is 0 Å². The van der Waals surface area contributed by atoms with Crippen molar-refractivity contribution in [3.63, 3.8) is 0 Å². The van der Waals surface area contributed by atoms with Gasteiger partial charge in [0, 0.05) is 32.7 Å². The first-order valence-corrected chi connectivity index (χ1v) is 11.0. The monoisotopic (exact) mass is 457 g/mol. The van der Waals surface area contributed by atoms with E-state index < -0.39 is 28.9 Å². The van der Waals surface area contributed by atoms with Gasteiger partial charge in [-0.15, -0.1) is 0 Å². The fraction of sp³-hybridized carbons (Fsp3) is 0.350. The maximum atomic E-state index is 13.9. The van der Waals surface area contributed by atoms with Gasteiger partial charge in [-0.05, 0) is 29.8 Å². The van der Waals surface area contributed by atoms with Crippen LogP contribution < -0.4 is 10.1 Å². The maximum Gasteiger partial charge on any atom is 0.317 e. The zero-order valence-electron chi connectivity index (χ0n) is 16.5. The second kappa shape index (κ2) is 10.0. The van der Waals surface area contributed by atoms with Crippen molar-refractivity contribution in [3.8, 4) is 5.75 Å². The molecule has 0 saturated carbocycles. The largest absolute Gasteiger partial charge is 0.488 e. The summed E-state index contributed by atoms with van der Waals surface area (Å²) in [5.41, 5.74) is 0.667. The fourth-order valence-corrected chi connectivity index (χ4v) is 4.61. The van der Waals surface area contributed by atoms with Gasteiger partial charge in [-0.3, -0.25) is 0 Å². The van der Waals surface area contributed by atoms with Crippen molar-refractivity contribution in [2.75, 3.05) is 32.8 Å². The number of ether oxygens (including phenoxy) is 1. The summed E-state index contributed by atoms with van der Waals surface area (Å²) < 4.78 is 69.8. The molecule has 0 unspecified atom stereocenters. The van der Waals surface area contributed by atoms with Crippen molar-refractivity contribution < 1.29 is 31.1 Å². The van der Waals surface area contributed by atoms with Crippen molar-refractivity contribution in [1.82, 2.24) is 14.5 Å². The van der Waals surface area contributed by atoms with Crippen LogP contribution >= 0.6 is 0 Å². The van der Waals surface area contributed by atoms with E-state index in [-0.39, 0.29) is 49.4 Å². The number of rotatable bonds is 7. The Labute approximate surface area is 178 Å². The number of nitrogens with one attached hydrogen (secondary N) is 1. The molecule has 0 aliphatic carbocycles. The number of piperazine rings is 1. The van der Waals surface area contributed by atoms with E-state index in [2.05, 4.69) is 5.32 Å². The minimum absolute atomic E-state index is 0.0427. The quantitative estimate of drug-likeness (QED) is 0.694. The van der Waals surface area contributed by atoms with Gasteiger partial charge in [-0.2, -0.15) is 4.31 Å². The first kappa shape index (κ1) is 22.9. The Morgan fingerprint density at radius 3 is 2.45 bits per heavy atom. The SMILES string of the molecule is O=C(NCc1cccc(OCC(F)F)c1)N1CCN(S(=O)(=O)c2ccccc2F)CC1. The molecule has 31 heavy (non-hydrogen) atoms. The molecule has 2 aromatic carbocycles. The van der Waals surface area contributed by atoms with E-state index in [0.29, 0.717) is 5.56 Å². The molecular weight excluding hydrogens is 435 g/mol. The van der Waals surface area contributed by atoms with E-state index in [1.54, 1.807) is 24.3 Å². The van der Waals surface area contributed by atoms with Gasteiger partial charge in [0.1, 0.15) is 23.1 Å². The predicted molar refractivity (Wildman–Crippen MR) is 107 cm³/mol. The van der Waals surface area contributed by atoms with Gasteiger partial charge in [0.2, 0.25) is 10.0 Å². The van der Waals surface area contributed by atoms with E-state index >= 15 is 0 Å². The van der Waals surface area contributed by atoms with Crippen LogP contribution in [0, 0.1) is 5.82 Å². The number of benzene rings is 2. The van der Waals surface area contributed by atoms with Crippen molar-refractivity contribution in [1.29, 1.82) is 0 Å². The zero-order chi connectivity index (χ0) is 22.4. The smallest absolute Gasteiger partial charge is 0.317 e. The lowest BCUT2D eigenvalue weighted by atomic mass is 10.2. The van der Waals surface area contributed by atoms with Crippen LogP contribution in [0.15, 0.2) is 53.4 Å². The van der Waals surface area contributed by atoms with E-state index in [1.165, 1.54) is 23.1 Å². The van der Waals surface area contributed by atoms with Gasteiger partial charge in [0.25, 0.3) is 6.43 Å². The van der Waals surface area contributed by atoms with Gasteiger partial charge < -0.3 is 15.0 Å². The number of amides is 2. The van der Waals surface area contributed by atoms with Crippen LogP contribution in [0.1, 0.15) is 5.56 Å². The molecule has 0 spiro atoms. The van der Waals surface area contributed by atoms with E-state index in [0.717, 1.165) is 10.4 Å². The molecule has 3 rings (SSSR count). The number of urea groups is 1. The van der Waals surface area contributed by atoms with Gasteiger partial charge in [0.05, 0.1) is 0 Å². The number of hydrogen-bond donors (Lipinski definition) is 1. The third kappa shape index (κ3) is 5.88. The van der Waals surface area contributed by atoms with E-state index in [9.17, 15) is 26.4 Å². The van der Waals surface area contributed by atoms with Crippen LogP contribution in [0.25, 0.3) is 0 Å². The first-order chi connectivity index (χ1) is 14.8. The summed E-state index contributed by atoms with van der Waals surface area (Å²) in [6.07, 6.45) is -2.58. The molecule has 7 nitrogen and oxygen atoms in total. The topological polar surface area (TPSA) is 79.0 Å². The highest BCUT2D eigenvalue weighted by molar-refractivity contribution is 7.89. The molecule has 1 fully saturated rings. The van der Waals surface area contributed by atoms with Crippen molar-refractivity contribution >= 4 is 16.1 Å². The summed E-state index contributed by atoms with van der Waals surface area (Å²) in [6.45, 7) is -0.176. The second-order valence-corrected chi connectivity index (χ2v) is 8.74. The Bertz CT molecular complexity index is 1010. The molecular formula is C20H22F3N3O4S.